The third-order valence-corrected chi connectivity index (χ3v) is 3.81. The fraction of sp³-hybridized carbons (Fsp3) is 0.167. The van der Waals surface area contributed by atoms with Gasteiger partial charge in [-0.1, -0.05) is 30.4 Å². The lowest BCUT2D eigenvalue weighted by Gasteiger charge is -2.03. The smallest absolute Gasteiger partial charge is 0.0348 e. The van der Waals surface area contributed by atoms with Gasteiger partial charge in [0.05, 0.1) is 0 Å². The van der Waals surface area contributed by atoms with Crippen LogP contribution in [0.2, 0.25) is 0 Å². The van der Waals surface area contributed by atoms with Crippen molar-refractivity contribution in [3.8, 4) is 0 Å². The summed E-state index contributed by atoms with van der Waals surface area (Å²) in [6.45, 7) is 0. The summed E-state index contributed by atoms with van der Waals surface area (Å²) in [5.74, 6) is 0. The Bertz CT molecular complexity index is 477. The lowest BCUT2D eigenvalue weighted by atomic mass is 10.0. The van der Waals surface area contributed by atoms with E-state index in [9.17, 15) is 0 Å². The summed E-state index contributed by atoms with van der Waals surface area (Å²) in [6.07, 6.45) is 6.81. The lowest BCUT2D eigenvalue weighted by molar-refractivity contribution is 1.15. The summed E-state index contributed by atoms with van der Waals surface area (Å²) < 4.78 is 1.44. The zero-order valence-corrected chi connectivity index (χ0v) is 8.10. The average molecular weight is 186 g/mol. The Morgan fingerprint density at radius 3 is 2.85 bits per heavy atom. The van der Waals surface area contributed by atoms with Crippen LogP contribution in [-0.2, 0) is 12.8 Å². The molecule has 13 heavy (non-hydrogen) atoms. The Balaban J connectivity index is 2.37. The fourth-order valence-electron chi connectivity index (χ4n) is 1.93. The number of hydrogen-bond donors (Lipinski definition) is 0. The van der Waals surface area contributed by atoms with Gasteiger partial charge in [-0.15, -0.1) is 11.3 Å². The van der Waals surface area contributed by atoms with Crippen LogP contribution in [0.4, 0.5) is 0 Å². The molecule has 1 aromatic heterocycles. The molecule has 1 aromatic carbocycles. The SMILES string of the molecule is C1=CCc2c(sc3ccccc23)C1. The minimum atomic E-state index is 1.12. The van der Waals surface area contributed by atoms with Crippen molar-refractivity contribution in [3.63, 3.8) is 0 Å². The van der Waals surface area contributed by atoms with Crippen molar-refractivity contribution in [2.75, 3.05) is 0 Å². The molecule has 0 fully saturated rings. The summed E-state index contributed by atoms with van der Waals surface area (Å²) >= 11 is 1.95. The van der Waals surface area contributed by atoms with Crippen molar-refractivity contribution >= 4 is 21.4 Å². The van der Waals surface area contributed by atoms with Gasteiger partial charge in [0.25, 0.3) is 0 Å². The van der Waals surface area contributed by atoms with Gasteiger partial charge in [-0.3, -0.25) is 0 Å². The Morgan fingerprint density at radius 1 is 1.00 bits per heavy atom. The first-order chi connectivity index (χ1) is 6.45. The molecule has 0 N–H and O–H groups in total. The second-order valence-electron chi connectivity index (χ2n) is 3.38. The highest BCUT2D eigenvalue weighted by Gasteiger charge is 2.11. The molecule has 1 heterocycles. The molecule has 0 aliphatic heterocycles. The molecule has 2 aromatic rings. The minimum absolute atomic E-state index is 1.12. The van der Waals surface area contributed by atoms with Crippen LogP contribution in [0, 0.1) is 0 Å². The van der Waals surface area contributed by atoms with Crippen molar-refractivity contribution in [2.45, 2.75) is 12.8 Å². The van der Waals surface area contributed by atoms with Crippen LogP contribution < -0.4 is 0 Å². The van der Waals surface area contributed by atoms with E-state index in [1.54, 1.807) is 10.4 Å². The molecule has 0 unspecified atom stereocenters. The van der Waals surface area contributed by atoms with E-state index in [4.69, 9.17) is 0 Å². The van der Waals surface area contributed by atoms with Crippen LogP contribution in [0.3, 0.4) is 0 Å². The quantitative estimate of drug-likeness (QED) is 0.552. The van der Waals surface area contributed by atoms with Crippen LogP contribution in [0.15, 0.2) is 36.4 Å². The van der Waals surface area contributed by atoms with Crippen molar-refractivity contribution < 1.29 is 0 Å². The van der Waals surface area contributed by atoms with Crippen molar-refractivity contribution in [1.29, 1.82) is 0 Å². The average Bonchev–Trinajstić information content (AvgIpc) is 2.56. The van der Waals surface area contributed by atoms with Gasteiger partial charge in [0, 0.05) is 16.0 Å². The van der Waals surface area contributed by atoms with E-state index < -0.39 is 0 Å². The lowest BCUT2D eigenvalue weighted by Crippen LogP contribution is -1.90. The summed E-state index contributed by atoms with van der Waals surface area (Å²) in [6, 6.07) is 8.72. The summed E-state index contributed by atoms with van der Waals surface area (Å²) in [5, 5.41) is 1.46. The number of benzene rings is 1. The zero-order valence-electron chi connectivity index (χ0n) is 7.29. The highest BCUT2D eigenvalue weighted by Crippen LogP contribution is 2.33. The second kappa shape index (κ2) is 2.71. The maximum absolute atomic E-state index is 2.28. The van der Waals surface area contributed by atoms with Crippen molar-refractivity contribution in [3.05, 3.63) is 46.9 Å². The molecule has 0 radical (unpaired) electrons. The molecule has 0 bridgehead atoms. The molecule has 0 atom stereocenters. The standard InChI is InChI=1S/C12H10S/c1-3-7-11-9(5-1)10-6-2-4-8-12(10)13-11/h1-5,7H,6,8H2. The van der Waals surface area contributed by atoms with E-state index in [0.717, 1.165) is 12.8 Å². The highest BCUT2D eigenvalue weighted by molar-refractivity contribution is 7.19. The second-order valence-corrected chi connectivity index (χ2v) is 4.52. The Hall–Kier alpha value is -1.08. The van der Waals surface area contributed by atoms with E-state index in [2.05, 4.69) is 36.4 Å². The first-order valence-corrected chi connectivity index (χ1v) is 5.41. The monoisotopic (exact) mass is 186 g/mol. The predicted octanol–water partition coefficient (Wildman–Crippen LogP) is 3.56. The van der Waals surface area contributed by atoms with E-state index >= 15 is 0 Å². The Kier molecular flexibility index (Phi) is 1.53. The number of thiophene rings is 1. The molecule has 0 saturated carbocycles. The molecule has 1 aliphatic rings. The molecule has 0 spiro atoms. The van der Waals surface area contributed by atoms with Crippen molar-refractivity contribution in [1.82, 2.24) is 0 Å². The molecule has 64 valence electrons. The van der Waals surface area contributed by atoms with Crippen LogP contribution in [0.5, 0.6) is 0 Å². The maximum Gasteiger partial charge on any atom is 0.0348 e. The van der Waals surface area contributed by atoms with Crippen LogP contribution in [0.25, 0.3) is 10.1 Å². The number of allylic oxidation sites excluding steroid dienone is 2. The summed E-state index contributed by atoms with van der Waals surface area (Å²) in [5.41, 5.74) is 1.56. The molecule has 0 saturated heterocycles. The number of hydrogen-bond acceptors (Lipinski definition) is 1. The number of fused-ring (bicyclic) bond motifs is 3. The first kappa shape index (κ1) is 7.34. The van der Waals surface area contributed by atoms with E-state index in [1.807, 2.05) is 11.3 Å². The molecule has 0 nitrogen and oxygen atoms in total. The summed E-state index contributed by atoms with van der Waals surface area (Å²) in [4.78, 5) is 1.56. The van der Waals surface area contributed by atoms with Crippen molar-refractivity contribution in [2.24, 2.45) is 0 Å². The third kappa shape index (κ3) is 1.04. The van der Waals surface area contributed by atoms with Gasteiger partial charge in [0.15, 0.2) is 0 Å². The van der Waals surface area contributed by atoms with Gasteiger partial charge in [0.2, 0.25) is 0 Å². The summed E-state index contributed by atoms with van der Waals surface area (Å²) in [7, 11) is 0. The van der Waals surface area contributed by atoms with E-state index in [0.29, 0.717) is 0 Å². The molecular formula is C12H10S. The normalized spacial score (nSPS) is 14.8. The largest absolute Gasteiger partial charge is 0.140 e. The van der Waals surface area contributed by atoms with Crippen LogP contribution in [-0.4, -0.2) is 0 Å². The van der Waals surface area contributed by atoms with Gasteiger partial charge in [-0.2, -0.15) is 0 Å². The molecule has 3 rings (SSSR count). The highest BCUT2D eigenvalue weighted by atomic mass is 32.1. The first-order valence-electron chi connectivity index (χ1n) is 4.59. The fourth-order valence-corrected chi connectivity index (χ4v) is 3.14. The van der Waals surface area contributed by atoms with Gasteiger partial charge in [0.1, 0.15) is 0 Å². The third-order valence-electron chi connectivity index (χ3n) is 2.57. The van der Waals surface area contributed by atoms with Gasteiger partial charge in [-0.05, 0) is 23.4 Å². The minimum Gasteiger partial charge on any atom is -0.140 e. The topological polar surface area (TPSA) is 0 Å². The molecule has 1 aliphatic carbocycles. The molecular weight excluding hydrogens is 176 g/mol. The Morgan fingerprint density at radius 2 is 1.85 bits per heavy atom. The predicted molar refractivity (Wildman–Crippen MR) is 58.4 cm³/mol. The molecule has 0 amide bonds. The van der Waals surface area contributed by atoms with E-state index in [1.165, 1.54) is 10.1 Å². The van der Waals surface area contributed by atoms with Gasteiger partial charge < -0.3 is 0 Å². The van der Waals surface area contributed by atoms with E-state index in [-0.39, 0.29) is 0 Å². The van der Waals surface area contributed by atoms with Gasteiger partial charge >= 0.3 is 0 Å². The maximum atomic E-state index is 2.28. The van der Waals surface area contributed by atoms with Gasteiger partial charge in [-0.25, -0.2) is 0 Å². The Labute approximate surface area is 81.5 Å². The van der Waals surface area contributed by atoms with Crippen LogP contribution >= 0.6 is 11.3 Å². The van der Waals surface area contributed by atoms with Crippen LogP contribution in [0.1, 0.15) is 10.4 Å². The zero-order chi connectivity index (χ0) is 8.67. The molecule has 1 heteroatoms. The number of rotatable bonds is 0.